The monoisotopic (exact) mass is 279 g/mol. The Kier molecular flexibility index (Phi) is 4.13. The summed E-state index contributed by atoms with van der Waals surface area (Å²) >= 11 is 0. The van der Waals surface area contributed by atoms with E-state index >= 15 is 0 Å². The lowest BCUT2D eigenvalue weighted by Gasteiger charge is -2.38. The predicted molar refractivity (Wildman–Crippen MR) is 85.0 cm³/mol. The molecular weight excluding hydrogens is 246 g/mol. The molecule has 0 aromatic rings. The zero-order valence-electron chi connectivity index (χ0n) is 13.9. The molecule has 2 saturated heterocycles. The Labute approximate surface area is 125 Å². The van der Waals surface area contributed by atoms with Crippen molar-refractivity contribution in [3.8, 4) is 0 Å². The largest absolute Gasteiger partial charge is 0.312 e. The topological polar surface area (TPSA) is 18.5 Å². The van der Waals surface area contributed by atoms with E-state index in [4.69, 9.17) is 0 Å². The molecule has 1 aliphatic carbocycles. The van der Waals surface area contributed by atoms with E-state index in [9.17, 15) is 0 Å². The van der Waals surface area contributed by atoms with E-state index in [0.29, 0.717) is 11.5 Å². The van der Waals surface area contributed by atoms with Crippen LogP contribution in [0.5, 0.6) is 0 Å². The fraction of sp³-hybridized carbons (Fsp3) is 1.00. The average molecular weight is 279 g/mol. The SMILES string of the molecule is CCNC1C(N2CCC3CCC(C2)N3C)CCC1(C)C. The van der Waals surface area contributed by atoms with Gasteiger partial charge in [-0.15, -0.1) is 0 Å². The average Bonchev–Trinajstić information content (AvgIpc) is 2.80. The Hall–Kier alpha value is -0.120. The van der Waals surface area contributed by atoms with Gasteiger partial charge < -0.3 is 5.32 Å². The lowest BCUT2D eigenvalue weighted by molar-refractivity contribution is 0.131. The van der Waals surface area contributed by atoms with Crippen LogP contribution < -0.4 is 5.32 Å². The van der Waals surface area contributed by atoms with Crippen LogP contribution in [0.3, 0.4) is 0 Å². The lowest BCUT2D eigenvalue weighted by Crippen LogP contribution is -2.53. The van der Waals surface area contributed by atoms with E-state index in [1.807, 2.05) is 0 Å². The summed E-state index contributed by atoms with van der Waals surface area (Å²) < 4.78 is 0. The van der Waals surface area contributed by atoms with Gasteiger partial charge in [-0.3, -0.25) is 9.80 Å². The highest BCUT2D eigenvalue weighted by molar-refractivity contribution is 5.03. The van der Waals surface area contributed by atoms with Crippen molar-refractivity contribution in [3.63, 3.8) is 0 Å². The molecule has 4 atom stereocenters. The number of nitrogens with one attached hydrogen (secondary N) is 1. The van der Waals surface area contributed by atoms with Gasteiger partial charge in [0.1, 0.15) is 0 Å². The quantitative estimate of drug-likeness (QED) is 0.855. The minimum atomic E-state index is 0.456. The maximum absolute atomic E-state index is 3.80. The molecule has 2 aliphatic heterocycles. The normalized spacial score (nSPS) is 42.0. The van der Waals surface area contributed by atoms with Crippen LogP contribution in [0.25, 0.3) is 0 Å². The highest BCUT2D eigenvalue weighted by Gasteiger charge is 2.46. The number of likely N-dealkylation sites (N-methyl/N-ethyl adjacent to an activating group) is 2. The van der Waals surface area contributed by atoms with Gasteiger partial charge in [-0.25, -0.2) is 0 Å². The Morgan fingerprint density at radius 2 is 1.85 bits per heavy atom. The Morgan fingerprint density at radius 1 is 1.10 bits per heavy atom. The second-order valence-electron chi connectivity index (χ2n) is 7.96. The predicted octanol–water partition coefficient (Wildman–Crippen LogP) is 2.32. The molecule has 3 aliphatic rings. The standard InChI is InChI=1S/C17H33N3/c1-5-18-16-15(8-10-17(16,2)3)20-11-9-13-6-7-14(12-20)19(13)4/h13-16,18H,5-12H2,1-4H3. The van der Waals surface area contributed by atoms with Crippen molar-refractivity contribution in [1.82, 2.24) is 15.1 Å². The van der Waals surface area contributed by atoms with Crippen LogP contribution in [-0.2, 0) is 0 Å². The van der Waals surface area contributed by atoms with E-state index in [2.05, 4.69) is 42.9 Å². The van der Waals surface area contributed by atoms with Gasteiger partial charge in [0.2, 0.25) is 0 Å². The molecule has 0 aromatic heterocycles. The molecule has 3 rings (SSSR count). The third kappa shape index (κ3) is 2.53. The maximum atomic E-state index is 3.80. The minimum Gasteiger partial charge on any atom is -0.312 e. The summed E-state index contributed by atoms with van der Waals surface area (Å²) in [7, 11) is 2.35. The number of rotatable bonds is 3. The number of fused-ring (bicyclic) bond motifs is 2. The third-order valence-electron chi connectivity index (χ3n) is 6.38. The molecule has 0 amide bonds. The Morgan fingerprint density at radius 3 is 2.60 bits per heavy atom. The van der Waals surface area contributed by atoms with Gasteiger partial charge >= 0.3 is 0 Å². The molecule has 1 saturated carbocycles. The summed E-state index contributed by atoms with van der Waals surface area (Å²) in [6.45, 7) is 10.9. The maximum Gasteiger partial charge on any atom is 0.0274 e. The third-order valence-corrected chi connectivity index (χ3v) is 6.38. The van der Waals surface area contributed by atoms with Crippen LogP contribution in [0, 0.1) is 5.41 Å². The van der Waals surface area contributed by atoms with E-state index in [1.165, 1.54) is 45.2 Å². The molecule has 0 radical (unpaired) electrons. The van der Waals surface area contributed by atoms with Gasteiger partial charge in [0.15, 0.2) is 0 Å². The molecule has 2 bridgehead atoms. The molecular formula is C17H33N3. The smallest absolute Gasteiger partial charge is 0.0274 e. The molecule has 2 heterocycles. The number of hydrogen-bond acceptors (Lipinski definition) is 3. The summed E-state index contributed by atoms with van der Waals surface area (Å²) in [6.07, 6.45) is 6.98. The minimum absolute atomic E-state index is 0.456. The second kappa shape index (κ2) is 5.58. The fourth-order valence-corrected chi connectivity index (χ4v) is 5.02. The summed E-state index contributed by atoms with van der Waals surface area (Å²) in [5.74, 6) is 0. The lowest BCUT2D eigenvalue weighted by atomic mass is 9.86. The van der Waals surface area contributed by atoms with Crippen molar-refractivity contribution in [2.75, 3.05) is 26.7 Å². The van der Waals surface area contributed by atoms with Crippen LogP contribution in [0.15, 0.2) is 0 Å². The summed E-state index contributed by atoms with van der Waals surface area (Å²) in [5, 5.41) is 3.80. The van der Waals surface area contributed by atoms with Gasteiger partial charge in [-0.1, -0.05) is 20.8 Å². The summed E-state index contributed by atoms with van der Waals surface area (Å²) in [5.41, 5.74) is 0.456. The number of hydrogen-bond donors (Lipinski definition) is 1. The molecule has 3 heteroatoms. The van der Waals surface area contributed by atoms with Crippen molar-refractivity contribution in [3.05, 3.63) is 0 Å². The van der Waals surface area contributed by atoms with Crippen molar-refractivity contribution in [1.29, 1.82) is 0 Å². The van der Waals surface area contributed by atoms with E-state index < -0.39 is 0 Å². The fourth-order valence-electron chi connectivity index (χ4n) is 5.02. The van der Waals surface area contributed by atoms with Crippen LogP contribution >= 0.6 is 0 Å². The van der Waals surface area contributed by atoms with Crippen LogP contribution in [-0.4, -0.2) is 60.6 Å². The van der Waals surface area contributed by atoms with Crippen LogP contribution in [0.4, 0.5) is 0 Å². The van der Waals surface area contributed by atoms with Gasteiger partial charge in [0.05, 0.1) is 0 Å². The molecule has 4 unspecified atom stereocenters. The highest BCUT2D eigenvalue weighted by atomic mass is 15.3. The second-order valence-corrected chi connectivity index (χ2v) is 7.96. The van der Waals surface area contributed by atoms with Crippen molar-refractivity contribution >= 4 is 0 Å². The van der Waals surface area contributed by atoms with Gasteiger partial charge in [-0.05, 0) is 51.1 Å². The molecule has 0 aromatic carbocycles. The first-order chi connectivity index (χ1) is 9.53. The van der Waals surface area contributed by atoms with E-state index in [0.717, 1.165) is 24.7 Å². The number of likely N-dealkylation sites (tertiary alicyclic amines) is 1. The number of nitrogens with zero attached hydrogens (tertiary/aromatic N) is 2. The zero-order chi connectivity index (χ0) is 14.3. The van der Waals surface area contributed by atoms with Crippen LogP contribution in [0.2, 0.25) is 0 Å². The van der Waals surface area contributed by atoms with Crippen molar-refractivity contribution in [2.45, 2.75) is 77.0 Å². The molecule has 0 spiro atoms. The summed E-state index contributed by atoms with van der Waals surface area (Å²) in [4.78, 5) is 5.50. The van der Waals surface area contributed by atoms with Crippen molar-refractivity contribution in [2.24, 2.45) is 5.41 Å². The molecule has 116 valence electrons. The van der Waals surface area contributed by atoms with Gasteiger partial charge in [0.25, 0.3) is 0 Å². The Bertz CT molecular complexity index is 341. The van der Waals surface area contributed by atoms with Crippen molar-refractivity contribution < 1.29 is 0 Å². The Balaban J connectivity index is 1.72. The molecule has 1 N–H and O–H groups in total. The van der Waals surface area contributed by atoms with E-state index in [1.54, 1.807) is 0 Å². The van der Waals surface area contributed by atoms with Gasteiger partial charge in [0, 0.05) is 37.3 Å². The first-order valence-electron chi connectivity index (χ1n) is 8.72. The molecule has 20 heavy (non-hydrogen) atoms. The first kappa shape index (κ1) is 14.8. The van der Waals surface area contributed by atoms with Crippen LogP contribution in [0.1, 0.15) is 52.9 Å². The summed E-state index contributed by atoms with van der Waals surface area (Å²) in [6, 6.07) is 3.11. The molecule has 3 fully saturated rings. The zero-order valence-corrected chi connectivity index (χ0v) is 13.9. The molecule has 3 nitrogen and oxygen atoms in total. The van der Waals surface area contributed by atoms with E-state index in [-0.39, 0.29) is 0 Å². The highest BCUT2D eigenvalue weighted by Crippen LogP contribution is 2.41. The van der Waals surface area contributed by atoms with Gasteiger partial charge in [-0.2, -0.15) is 0 Å². The first-order valence-corrected chi connectivity index (χ1v) is 8.72.